The van der Waals surface area contributed by atoms with E-state index in [1.54, 1.807) is 7.11 Å². The number of nitrogens with zero attached hydrogens (tertiary/aromatic N) is 1. The highest BCUT2D eigenvalue weighted by Crippen LogP contribution is 2.01. The van der Waals surface area contributed by atoms with E-state index >= 15 is 0 Å². The van der Waals surface area contributed by atoms with Crippen LogP contribution in [0.25, 0.3) is 0 Å². The molecule has 0 heterocycles. The summed E-state index contributed by atoms with van der Waals surface area (Å²) in [4.78, 5) is 2.11. The second-order valence-electron chi connectivity index (χ2n) is 5.53. The Labute approximate surface area is 100.0 Å². The zero-order valence-electron chi connectivity index (χ0n) is 11.6. The van der Waals surface area contributed by atoms with Crippen molar-refractivity contribution in [3.05, 3.63) is 0 Å². The topological polar surface area (TPSA) is 44.7 Å². The summed E-state index contributed by atoms with van der Waals surface area (Å²) in [5.74, 6) is 0. The first-order chi connectivity index (χ1) is 7.26. The minimum atomic E-state index is -0.344. The van der Waals surface area contributed by atoms with Crippen molar-refractivity contribution in [3.63, 3.8) is 0 Å². The fraction of sp³-hybridized carbons (Fsp3) is 1.00. The van der Waals surface area contributed by atoms with Crippen LogP contribution in [-0.2, 0) is 4.74 Å². The lowest BCUT2D eigenvalue weighted by molar-refractivity contribution is 0.0682. The van der Waals surface area contributed by atoms with E-state index in [-0.39, 0.29) is 11.6 Å². The first-order valence-corrected chi connectivity index (χ1v) is 5.88. The monoisotopic (exact) mass is 232 g/mol. The van der Waals surface area contributed by atoms with E-state index in [1.165, 1.54) is 0 Å². The number of aliphatic hydroxyl groups is 1. The molecule has 0 rings (SSSR count). The van der Waals surface area contributed by atoms with Crippen molar-refractivity contribution < 1.29 is 9.84 Å². The quantitative estimate of drug-likeness (QED) is 0.678. The molecule has 0 aromatic rings. The molecule has 2 atom stereocenters. The number of nitrogens with one attached hydrogen (secondary N) is 1. The maximum atomic E-state index is 9.86. The molecule has 98 valence electrons. The minimum Gasteiger partial charge on any atom is -0.390 e. The van der Waals surface area contributed by atoms with Gasteiger partial charge < -0.3 is 15.2 Å². The Hall–Kier alpha value is -0.160. The summed E-state index contributed by atoms with van der Waals surface area (Å²) in [7, 11) is 3.70. The lowest BCUT2D eigenvalue weighted by Gasteiger charge is -2.28. The molecule has 0 saturated heterocycles. The number of aliphatic hydroxyl groups excluding tert-OH is 1. The highest BCUT2D eigenvalue weighted by Gasteiger charge is 2.16. The van der Waals surface area contributed by atoms with Crippen LogP contribution in [0.1, 0.15) is 27.7 Å². The zero-order chi connectivity index (χ0) is 12.8. The third-order valence-electron chi connectivity index (χ3n) is 2.53. The van der Waals surface area contributed by atoms with Gasteiger partial charge in [-0.25, -0.2) is 0 Å². The summed E-state index contributed by atoms with van der Waals surface area (Å²) >= 11 is 0. The Morgan fingerprint density at radius 2 is 1.94 bits per heavy atom. The number of hydrogen-bond donors (Lipinski definition) is 2. The molecular formula is C12H28N2O2. The number of hydrogen-bond acceptors (Lipinski definition) is 4. The first kappa shape index (κ1) is 15.8. The fourth-order valence-corrected chi connectivity index (χ4v) is 1.37. The Morgan fingerprint density at radius 3 is 2.38 bits per heavy atom. The van der Waals surface area contributed by atoms with E-state index in [0.29, 0.717) is 25.7 Å². The fourth-order valence-electron chi connectivity index (χ4n) is 1.37. The molecule has 4 nitrogen and oxygen atoms in total. The van der Waals surface area contributed by atoms with Gasteiger partial charge in [0.25, 0.3) is 0 Å². The summed E-state index contributed by atoms with van der Waals surface area (Å²) in [5, 5.41) is 13.1. The van der Waals surface area contributed by atoms with Gasteiger partial charge in [-0.3, -0.25) is 4.90 Å². The highest BCUT2D eigenvalue weighted by molar-refractivity contribution is 4.75. The summed E-state index contributed by atoms with van der Waals surface area (Å²) in [5.41, 5.74) is 0.0533. The maximum Gasteiger partial charge on any atom is 0.0791 e. The lowest BCUT2D eigenvalue weighted by Crippen LogP contribution is -2.46. The van der Waals surface area contributed by atoms with Crippen molar-refractivity contribution >= 4 is 0 Å². The van der Waals surface area contributed by atoms with Crippen LogP contribution in [0, 0.1) is 0 Å². The summed E-state index contributed by atoms with van der Waals surface area (Å²) in [6, 6.07) is 0.328. The molecule has 0 spiro atoms. The summed E-state index contributed by atoms with van der Waals surface area (Å²) < 4.78 is 5.08. The Bertz CT molecular complexity index is 180. The standard InChI is InChI=1S/C12H28N2O2/c1-10(9-16-6)14(5)8-11(15)7-13-12(2,3)4/h10-11,13,15H,7-9H2,1-6H3. The van der Waals surface area contributed by atoms with Gasteiger partial charge in [0.2, 0.25) is 0 Å². The molecule has 0 aliphatic carbocycles. The van der Waals surface area contributed by atoms with E-state index in [0.717, 1.165) is 0 Å². The predicted molar refractivity (Wildman–Crippen MR) is 67.7 cm³/mol. The van der Waals surface area contributed by atoms with Crippen LogP contribution in [0.3, 0.4) is 0 Å². The summed E-state index contributed by atoms with van der Waals surface area (Å²) in [6.45, 7) is 10.3. The molecule has 0 radical (unpaired) electrons. The van der Waals surface area contributed by atoms with Gasteiger partial charge in [-0.05, 0) is 34.7 Å². The predicted octanol–water partition coefficient (Wildman–Crippen LogP) is 0.702. The second-order valence-corrected chi connectivity index (χ2v) is 5.53. The van der Waals surface area contributed by atoms with Crippen molar-refractivity contribution in [2.45, 2.75) is 45.4 Å². The van der Waals surface area contributed by atoms with E-state index in [9.17, 15) is 5.11 Å². The molecule has 0 fully saturated rings. The van der Waals surface area contributed by atoms with E-state index in [1.807, 2.05) is 7.05 Å². The molecule has 0 saturated carbocycles. The number of β-amino-alcohol motifs (C(OH)–C–C–N with tert-alkyl or cyclic N) is 1. The largest absolute Gasteiger partial charge is 0.390 e. The van der Waals surface area contributed by atoms with Gasteiger partial charge in [0.15, 0.2) is 0 Å². The minimum absolute atomic E-state index is 0.0533. The lowest BCUT2D eigenvalue weighted by atomic mass is 10.1. The Morgan fingerprint density at radius 1 is 1.38 bits per heavy atom. The third kappa shape index (κ3) is 8.05. The number of methoxy groups -OCH3 is 1. The van der Waals surface area contributed by atoms with Crippen molar-refractivity contribution in [1.82, 2.24) is 10.2 Å². The molecule has 0 amide bonds. The zero-order valence-corrected chi connectivity index (χ0v) is 11.6. The molecule has 2 unspecified atom stereocenters. The second kappa shape index (κ2) is 7.22. The van der Waals surface area contributed by atoms with Crippen LogP contribution >= 0.6 is 0 Å². The molecule has 0 bridgehead atoms. The Balaban J connectivity index is 3.82. The first-order valence-electron chi connectivity index (χ1n) is 5.88. The molecule has 0 aliphatic rings. The molecule has 0 aromatic heterocycles. The van der Waals surface area contributed by atoms with Gasteiger partial charge in [-0.15, -0.1) is 0 Å². The van der Waals surface area contributed by atoms with Crippen LogP contribution in [0.4, 0.5) is 0 Å². The molecular weight excluding hydrogens is 204 g/mol. The van der Waals surface area contributed by atoms with E-state index < -0.39 is 0 Å². The highest BCUT2D eigenvalue weighted by atomic mass is 16.5. The average molecular weight is 232 g/mol. The normalized spacial score (nSPS) is 16.5. The number of likely N-dealkylation sites (N-methyl/N-ethyl adjacent to an activating group) is 1. The van der Waals surface area contributed by atoms with Gasteiger partial charge in [-0.2, -0.15) is 0 Å². The van der Waals surface area contributed by atoms with Crippen LogP contribution < -0.4 is 5.32 Å². The van der Waals surface area contributed by atoms with Crippen LogP contribution in [0.5, 0.6) is 0 Å². The smallest absolute Gasteiger partial charge is 0.0791 e. The molecule has 16 heavy (non-hydrogen) atoms. The SMILES string of the molecule is COCC(C)N(C)CC(O)CNC(C)(C)C. The molecule has 0 aromatic carbocycles. The average Bonchev–Trinajstić information content (AvgIpc) is 2.14. The Kier molecular flexibility index (Phi) is 7.15. The van der Waals surface area contributed by atoms with Gasteiger partial charge in [-0.1, -0.05) is 0 Å². The van der Waals surface area contributed by atoms with Gasteiger partial charge in [0.05, 0.1) is 12.7 Å². The number of ether oxygens (including phenoxy) is 1. The van der Waals surface area contributed by atoms with Crippen molar-refractivity contribution in [1.29, 1.82) is 0 Å². The van der Waals surface area contributed by atoms with Crippen molar-refractivity contribution in [3.8, 4) is 0 Å². The number of rotatable bonds is 7. The summed E-state index contributed by atoms with van der Waals surface area (Å²) in [6.07, 6.45) is -0.344. The van der Waals surface area contributed by atoms with Gasteiger partial charge in [0, 0.05) is 31.8 Å². The van der Waals surface area contributed by atoms with Gasteiger partial charge in [0.1, 0.15) is 0 Å². The maximum absolute atomic E-state index is 9.86. The van der Waals surface area contributed by atoms with E-state index in [2.05, 4.69) is 37.9 Å². The third-order valence-corrected chi connectivity index (χ3v) is 2.53. The van der Waals surface area contributed by atoms with Crippen LogP contribution in [0.15, 0.2) is 0 Å². The van der Waals surface area contributed by atoms with Crippen LogP contribution in [-0.4, -0.2) is 61.5 Å². The van der Waals surface area contributed by atoms with Crippen molar-refractivity contribution in [2.75, 3.05) is 33.9 Å². The molecule has 0 aliphatic heterocycles. The molecule has 4 heteroatoms. The van der Waals surface area contributed by atoms with Crippen LogP contribution in [0.2, 0.25) is 0 Å². The van der Waals surface area contributed by atoms with E-state index in [4.69, 9.17) is 4.74 Å². The van der Waals surface area contributed by atoms with Gasteiger partial charge >= 0.3 is 0 Å². The molecule has 2 N–H and O–H groups in total. The van der Waals surface area contributed by atoms with Crippen molar-refractivity contribution in [2.24, 2.45) is 0 Å².